The molecule has 0 bridgehead atoms. The molecule has 6 heavy (non-hydrogen) atoms. The summed E-state index contributed by atoms with van der Waals surface area (Å²) in [5.74, 6) is 0. The summed E-state index contributed by atoms with van der Waals surface area (Å²) in [6.07, 6.45) is 0. The summed E-state index contributed by atoms with van der Waals surface area (Å²) in [5.41, 5.74) is 0.676. The van der Waals surface area contributed by atoms with Gasteiger partial charge in [0.1, 0.15) is 0 Å². The SMILES string of the molecule is C=C(C)[C](O)=[Cr]. The molecule has 2 heteroatoms. The molecule has 0 aliphatic heterocycles. The summed E-state index contributed by atoms with van der Waals surface area (Å²) in [6.45, 7) is 5.16. The van der Waals surface area contributed by atoms with Gasteiger partial charge in [0, 0.05) is 0 Å². The molecule has 0 saturated heterocycles. The zero-order valence-corrected chi connectivity index (χ0v) is 4.84. The van der Waals surface area contributed by atoms with Crippen LogP contribution in [0.2, 0.25) is 0 Å². The van der Waals surface area contributed by atoms with Crippen molar-refractivity contribution in [2.75, 3.05) is 0 Å². The van der Waals surface area contributed by atoms with Crippen LogP contribution in [0.5, 0.6) is 0 Å². The monoisotopic (exact) mass is 122 g/mol. The third kappa shape index (κ3) is 2.35. The van der Waals surface area contributed by atoms with Crippen molar-refractivity contribution < 1.29 is 21.0 Å². The van der Waals surface area contributed by atoms with Gasteiger partial charge >= 0.3 is 44.6 Å². The van der Waals surface area contributed by atoms with Crippen molar-refractivity contribution >= 4 is 4.57 Å². The Morgan fingerprint density at radius 1 is 1.83 bits per heavy atom. The van der Waals surface area contributed by atoms with Gasteiger partial charge in [-0.15, -0.1) is 0 Å². The van der Waals surface area contributed by atoms with E-state index in [4.69, 9.17) is 5.11 Å². The van der Waals surface area contributed by atoms with Gasteiger partial charge in [0.25, 0.3) is 0 Å². The predicted octanol–water partition coefficient (Wildman–Crippen LogP) is 0.612. The van der Waals surface area contributed by atoms with Crippen LogP contribution in [-0.4, -0.2) is 9.67 Å². The molecule has 0 aromatic rings. The molecular weight excluding hydrogens is 116 g/mol. The Labute approximate surface area is 45.3 Å². The first-order valence-electron chi connectivity index (χ1n) is 1.53. The van der Waals surface area contributed by atoms with Crippen molar-refractivity contribution in [2.45, 2.75) is 6.92 Å². The van der Waals surface area contributed by atoms with Gasteiger partial charge in [0.15, 0.2) is 0 Å². The van der Waals surface area contributed by atoms with Crippen molar-refractivity contribution in [2.24, 2.45) is 0 Å². The van der Waals surface area contributed by atoms with Crippen molar-refractivity contribution in [3.63, 3.8) is 0 Å². The average molecular weight is 122 g/mol. The molecule has 0 spiro atoms. The molecule has 0 aliphatic rings. The van der Waals surface area contributed by atoms with Gasteiger partial charge in [-0.25, -0.2) is 0 Å². The Bertz CT molecular complexity index is 73.5. The van der Waals surface area contributed by atoms with E-state index in [2.05, 4.69) is 22.4 Å². The normalized spacial score (nSPS) is 7.67. The first-order valence-corrected chi connectivity index (χ1v) is 2.17. The van der Waals surface area contributed by atoms with Crippen LogP contribution in [0.3, 0.4) is 0 Å². The zero-order valence-electron chi connectivity index (χ0n) is 3.56. The predicted molar refractivity (Wildman–Crippen MR) is 21.8 cm³/mol. The summed E-state index contributed by atoms with van der Waals surface area (Å²) in [4.78, 5) is 0. The Kier molecular flexibility index (Phi) is 2.35. The first kappa shape index (κ1) is 6.10. The standard InChI is InChI=1S/C4H6O.Cr/c1-4(2)3-5;/h5H,1H2,2H3;. The van der Waals surface area contributed by atoms with Crippen LogP contribution < -0.4 is 0 Å². The van der Waals surface area contributed by atoms with E-state index in [-0.39, 0.29) is 4.57 Å². The summed E-state index contributed by atoms with van der Waals surface area (Å²) >= 11 is 2.41. The number of aliphatic hydroxyl groups excluding tert-OH is 1. The second-order valence-electron chi connectivity index (χ2n) is 1.09. The van der Waals surface area contributed by atoms with E-state index in [9.17, 15) is 0 Å². The summed E-state index contributed by atoms with van der Waals surface area (Å²) in [7, 11) is 0. The Balaban J connectivity index is 3.57. The Morgan fingerprint density at radius 2 is 2.00 bits per heavy atom. The van der Waals surface area contributed by atoms with Gasteiger partial charge in [-0.2, -0.15) is 0 Å². The van der Waals surface area contributed by atoms with Crippen LogP contribution in [-0.2, 0) is 15.9 Å². The molecule has 1 nitrogen and oxygen atoms in total. The number of hydrogen-bond donors (Lipinski definition) is 1. The summed E-state index contributed by atoms with van der Waals surface area (Å²) in [6, 6.07) is 0. The van der Waals surface area contributed by atoms with E-state index in [0.29, 0.717) is 5.57 Å². The molecule has 0 aromatic carbocycles. The molecule has 0 fully saturated rings. The van der Waals surface area contributed by atoms with E-state index in [1.54, 1.807) is 6.92 Å². The minimum absolute atomic E-state index is 0.190. The number of rotatable bonds is 1. The number of aliphatic hydroxyl groups is 1. The summed E-state index contributed by atoms with van der Waals surface area (Å²) in [5, 5.41) is 8.39. The molecule has 0 aliphatic carbocycles. The van der Waals surface area contributed by atoms with Crippen molar-refractivity contribution in [1.29, 1.82) is 0 Å². The fraction of sp³-hybridized carbons (Fsp3) is 0.250. The van der Waals surface area contributed by atoms with Gasteiger partial charge in [0.2, 0.25) is 0 Å². The van der Waals surface area contributed by atoms with Gasteiger partial charge in [-0.3, -0.25) is 0 Å². The molecule has 0 heterocycles. The molecule has 1 N–H and O–H groups in total. The molecule has 0 atom stereocenters. The van der Waals surface area contributed by atoms with Crippen LogP contribution in [0.15, 0.2) is 12.2 Å². The zero-order chi connectivity index (χ0) is 5.15. The second-order valence-corrected chi connectivity index (χ2v) is 1.69. The van der Waals surface area contributed by atoms with Crippen molar-refractivity contribution in [1.82, 2.24) is 0 Å². The minimum atomic E-state index is 0.190. The van der Waals surface area contributed by atoms with Gasteiger partial charge < -0.3 is 0 Å². The van der Waals surface area contributed by atoms with Gasteiger partial charge in [0.05, 0.1) is 0 Å². The third-order valence-electron chi connectivity index (χ3n) is 0.365. The van der Waals surface area contributed by atoms with E-state index in [1.807, 2.05) is 0 Å². The molecule has 0 saturated carbocycles. The maximum atomic E-state index is 8.39. The number of hydrogen-bond acceptors (Lipinski definition) is 1. The molecule has 0 amide bonds. The van der Waals surface area contributed by atoms with Gasteiger partial charge in [-0.1, -0.05) is 0 Å². The molecule has 0 aromatic heterocycles. The van der Waals surface area contributed by atoms with Crippen LogP contribution in [0, 0.1) is 0 Å². The topological polar surface area (TPSA) is 20.2 Å². The average Bonchev–Trinajstić information content (AvgIpc) is 1.36. The van der Waals surface area contributed by atoms with E-state index in [0.717, 1.165) is 0 Å². The molecule has 0 unspecified atom stereocenters. The van der Waals surface area contributed by atoms with Gasteiger partial charge in [-0.05, 0) is 0 Å². The molecule has 34 valence electrons. The first-order chi connectivity index (χ1) is 2.64. The molecular formula is C4H6CrO. The molecule has 0 radical (unpaired) electrons. The Hall–Kier alpha value is 0.102. The van der Waals surface area contributed by atoms with Crippen LogP contribution in [0.25, 0.3) is 0 Å². The quantitative estimate of drug-likeness (QED) is 0.540. The van der Waals surface area contributed by atoms with Crippen molar-refractivity contribution in [3.8, 4) is 0 Å². The van der Waals surface area contributed by atoms with E-state index in [1.165, 1.54) is 0 Å². The van der Waals surface area contributed by atoms with E-state index >= 15 is 0 Å². The van der Waals surface area contributed by atoms with E-state index < -0.39 is 0 Å². The van der Waals surface area contributed by atoms with Crippen LogP contribution in [0.4, 0.5) is 0 Å². The fourth-order valence-electron chi connectivity index (χ4n) is 0. The second kappa shape index (κ2) is 2.31. The summed E-state index contributed by atoms with van der Waals surface area (Å²) < 4.78 is 0.190. The fourth-order valence-corrected chi connectivity index (χ4v) is 0. The van der Waals surface area contributed by atoms with Crippen LogP contribution >= 0.6 is 0 Å². The third-order valence-corrected chi connectivity index (χ3v) is 0.909. The van der Waals surface area contributed by atoms with Crippen molar-refractivity contribution in [3.05, 3.63) is 12.2 Å². The molecule has 0 rings (SSSR count). The van der Waals surface area contributed by atoms with Crippen LogP contribution in [0.1, 0.15) is 6.92 Å². The maximum absolute atomic E-state index is 8.39. The Morgan fingerprint density at radius 3 is 2.00 bits per heavy atom.